The first-order valence-electron chi connectivity index (χ1n) is 7.26. The number of aromatic nitrogens is 2. The molecule has 102 valence electrons. The Kier molecular flexibility index (Phi) is 2.31. The van der Waals surface area contributed by atoms with Crippen LogP contribution in [0.1, 0.15) is 60.6 Å². The van der Waals surface area contributed by atoms with Crippen molar-refractivity contribution in [2.45, 2.75) is 56.1 Å². The fourth-order valence-corrected chi connectivity index (χ4v) is 3.23. The fourth-order valence-electron chi connectivity index (χ4n) is 3.23. The highest BCUT2D eigenvalue weighted by Gasteiger charge is 2.52. The largest absolute Gasteiger partial charge is 0.388 e. The van der Waals surface area contributed by atoms with Crippen molar-refractivity contribution in [2.75, 3.05) is 6.54 Å². The molecular formula is C14H19N3O2. The zero-order valence-corrected chi connectivity index (χ0v) is 10.9. The predicted octanol–water partition coefficient (Wildman–Crippen LogP) is 1.42. The summed E-state index contributed by atoms with van der Waals surface area (Å²) in [5.74, 6) is 0.557. The maximum absolute atomic E-state index is 12.5. The van der Waals surface area contributed by atoms with Gasteiger partial charge in [0.25, 0.3) is 5.91 Å². The molecule has 1 saturated heterocycles. The molecule has 1 amide bonds. The minimum atomic E-state index is -0.609. The molecule has 4 rings (SSSR count). The van der Waals surface area contributed by atoms with Crippen molar-refractivity contribution in [2.24, 2.45) is 0 Å². The van der Waals surface area contributed by atoms with Crippen molar-refractivity contribution < 1.29 is 9.90 Å². The Morgan fingerprint density at radius 3 is 2.89 bits per heavy atom. The van der Waals surface area contributed by atoms with E-state index in [1.807, 2.05) is 11.0 Å². The smallest absolute Gasteiger partial charge is 0.274 e. The molecule has 0 spiro atoms. The molecule has 19 heavy (non-hydrogen) atoms. The van der Waals surface area contributed by atoms with E-state index < -0.39 is 5.60 Å². The third kappa shape index (κ3) is 1.87. The summed E-state index contributed by atoms with van der Waals surface area (Å²) in [7, 11) is 0. The highest BCUT2D eigenvalue weighted by atomic mass is 16.3. The van der Waals surface area contributed by atoms with E-state index >= 15 is 0 Å². The highest BCUT2D eigenvalue weighted by Crippen LogP contribution is 2.45. The fraction of sp³-hybridized carbons (Fsp3) is 0.714. The SMILES string of the molecule is O=C(c1cc(C2CC2)[nH]n1)N1CCCC1C1(O)CC1. The maximum Gasteiger partial charge on any atom is 0.274 e. The Hall–Kier alpha value is -1.36. The van der Waals surface area contributed by atoms with Crippen molar-refractivity contribution in [1.82, 2.24) is 15.1 Å². The van der Waals surface area contributed by atoms with Crippen LogP contribution in [0.4, 0.5) is 0 Å². The van der Waals surface area contributed by atoms with Gasteiger partial charge in [-0.2, -0.15) is 5.10 Å². The predicted molar refractivity (Wildman–Crippen MR) is 68.8 cm³/mol. The maximum atomic E-state index is 12.5. The number of amides is 1. The van der Waals surface area contributed by atoms with Gasteiger partial charge in [0.15, 0.2) is 0 Å². The topological polar surface area (TPSA) is 69.2 Å². The minimum Gasteiger partial charge on any atom is -0.388 e. The van der Waals surface area contributed by atoms with Crippen molar-refractivity contribution in [3.8, 4) is 0 Å². The number of nitrogens with one attached hydrogen (secondary N) is 1. The lowest BCUT2D eigenvalue weighted by atomic mass is 10.1. The van der Waals surface area contributed by atoms with Gasteiger partial charge in [-0.3, -0.25) is 9.89 Å². The van der Waals surface area contributed by atoms with Gasteiger partial charge in [0.05, 0.1) is 11.6 Å². The van der Waals surface area contributed by atoms with Gasteiger partial charge in [-0.05, 0) is 44.6 Å². The van der Waals surface area contributed by atoms with Gasteiger partial charge in [-0.15, -0.1) is 0 Å². The summed E-state index contributed by atoms with van der Waals surface area (Å²) in [5, 5.41) is 17.4. The van der Waals surface area contributed by atoms with E-state index in [9.17, 15) is 9.90 Å². The van der Waals surface area contributed by atoms with Crippen LogP contribution in [0.15, 0.2) is 6.07 Å². The Morgan fingerprint density at radius 2 is 2.21 bits per heavy atom. The molecule has 2 N–H and O–H groups in total. The molecule has 1 aromatic rings. The summed E-state index contributed by atoms with van der Waals surface area (Å²) in [6.07, 6.45) is 5.95. The van der Waals surface area contributed by atoms with E-state index in [1.165, 1.54) is 12.8 Å². The zero-order valence-electron chi connectivity index (χ0n) is 10.9. The third-order valence-corrected chi connectivity index (χ3v) is 4.73. The van der Waals surface area contributed by atoms with Crippen LogP contribution in [0, 0.1) is 0 Å². The number of H-pyrrole nitrogens is 1. The zero-order chi connectivity index (χ0) is 13.0. The van der Waals surface area contributed by atoms with Gasteiger partial charge in [0.2, 0.25) is 0 Å². The van der Waals surface area contributed by atoms with Gasteiger partial charge < -0.3 is 10.0 Å². The quantitative estimate of drug-likeness (QED) is 0.864. The molecule has 1 aliphatic heterocycles. The molecule has 1 unspecified atom stereocenters. The lowest BCUT2D eigenvalue weighted by Crippen LogP contribution is -2.44. The number of carbonyl (C=O) groups excluding carboxylic acids is 1. The van der Waals surface area contributed by atoms with E-state index in [2.05, 4.69) is 10.2 Å². The normalized spacial score (nSPS) is 28.7. The molecule has 2 aliphatic carbocycles. The van der Waals surface area contributed by atoms with Gasteiger partial charge in [0.1, 0.15) is 5.69 Å². The van der Waals surface area contributed by atoms with Crippen molar-refractivity contribution in [1.29, 1.82) is 0 Å². The van der Waals surface area contributed by atoms with Crippen LogP contribution < -0.4 is 0 Å². The van der Waals surface area contributed by atoms with E-state index in [-0.39, 0.29) is 11.9 Å². The number of rotatable bonds is 3. The van der Waals surface area contributed by atoms with E-state index in [4.69, 9.17) is 0 Å². The van der Waals surface area contributed by atoms with Crippen LogP contribution in [0.3, 0.4) is 0 Å². The summed E-state index contributed by atoms with van der Waals surface area (Å²) < 4.78 is 0. The molecule has 3 fully saturated rings. The number of hydrogen-bond donors (Lipinski definition) is 2. The van der Waals surface area contributed by atoms with Crippen LogP contribution in [-0.4, -0.2) is 44.3 Å². The van der Waals surface area contributed by atoms with Crippen LogP contribution >= 0.6 is 0 Å². The number of likely N-dealkylation sites (tertiary alicyclic amines) is 1. The van der Waals surface area contributed by atoms with Gasteiger partial charge in [-0.25, -0.2) is 0 Å². The molecule has 0 aromatic carbocycles. The number of carbonyl (C=O) groups is 1. The van der Waals surface area contributed by atoms with E-state index in [1.54, 1.807) is 0 Å². The molecule has 3 aliphatic rings. The first-order valence-corrected chi connectivity index (χ1v) is 7.26. The molecular weight excluding hydrogens is 242 g/mol. The van der Waals surface area contributed by atoms with Crippen LogP contribution in [0.25, 0.3) is 0 Å². The third-order valence-electron chi connectivity index (χ3n) is 4.73. The summed E-state index contributed by atoms with van der Waals surface area (Å²) in [6.45, 7) is 0.747. The lowest BCUT2D eigenvalue weighted by molar-refractivity contribution is 0.0382. The van der Waals surface area contributed by atoms with Crippen molar-refractivity contribution >= 4 is 5.91 Å². The second-order valence-corrected chi connectivity index (χ2v) is 6.24. The van der Waals surface area contributed by atoms with Gasteiger partial charge >= 0.3 is 0 Å². The summed E-state index contributed by atoms with van der Waals surface area (Å²) in [4.78, 5) is 14.4. The Morgan fingerprint density at radius 1 is 1.42 bits per heavy atom. The highest BCUT2D eigenvalue weighted by molar-refractivity contribution is 5.93. The Balaban J connectivity index is 1.54. The lowest BCUT2D eigenvalue weighted by Gasteiger charge is -2.28. The average Bonchev–Trinajstić information content (AvgIpc) is 3.28. The summed E-state index contributed by atoms with van der Waals surface area (Å²) in [6, 6.07) is 1.90. The minimum absolute atomic E-state index is 0.000995. The second-order valence-electron chi connectivity index (χ2n) is 6.24. The summed E-state index contributed by atoms with van der Waals surface area (Å²) >= 11 is 0. The first-order chi connectivity index (χ1) is 9.17. The number of nitrogens with zero attached hydrogens (tertiary/aromatic N) is 2. The molecule has 5 nitrogen and oxygen atoms in total. The van der Waals surface area contributed by atoms with E-state index in [0.717, 1.165) is 37.9 Å². The van der Waals surface area contributed by atoms with Gasteiger partial charge in [0, 0.05) is 18.2 Å². The molecule has 5 heteroatoms. The monoisotopic (exact) mass is 261 g/mol. The molecule has 0 radical (unpaired) electrons. The molecule has 1 aromatic heterocycles. The average molecular weight is 261 g/mol. The Labute approximate surface area is 112 Å². The van der Waals surface area contributed by atoms with Crippen molar-refractivity contribution in [3.63, 3.8) is 0 Å². The summed E-state index contributed by atoms with van der Waals surface area (Å²) in [5.41, 5.74) is 0.990. The second kappa shape index (κ2) is 3.82. The standard InChI is InChI=1S/C14H19N3O2/c18-13(11-8-10(15-16-11)9-3-4-9)17-7-1-2-12(17)14(19)5-6-14/h8-9,12,19H,1-7H2,(H,15,16). The molecule has 1 atom stereocenters. The van der Waals surface area contributed by atoms with E-state index in [0.29, 0.717) is 11.6 Å². The Bertz CT molecular complexity index is 517. The number of hydrogen-bond acceptors (Lipinski definition) is 3. The molecule has 2 saturated carbocycles. The first kappa shape index (κ1) is 11.5. The van der Waals surface area contributed by atoms with Crippen LogP contribution in [0.5, 0.6) is 0 Å². The number of aliphatic hydroxyl groups is 1. The van der Waals surface area contributed by atoms with Gasteiger partial charge in [-0.1, -0.05) is 0 Å². The number of aromatic amines is 1. The van der Waals surface area contributed by atoms with Crippen LogP contribution in [0.2, 0.25) is 0 Å². The molecule has 2 heterocycles. The molecule has 0 bridgehead atoms. The van der Waals surface area contributed by atoms with Crippen molar-refractivity contribution in [3.05, 3.63) is 17.5 Å². The van der Waals surface area contributed by atoms with Crippen LogP contribution in [-0.2, 0) is 0 Å².